The zero-order valence-electron chi connectivity index (χ0n) is 11.5. The lowest BCUT2D eigenvalue weighted by atomic mass is 10.0. The van der Waals surface area contributed by atoms with Crippen LogP contribution in [0.2, 0.25) is 0 Å². The van der Waals surface area contributed by atoms with Crippen molar-refractivity contribution in [3.8, 4) is 0 Å². The molecular weight excluding hydrogens is 262 g/mol. The standard InChI is InChI=1S/C16H17N5/c17-15(18)10-3-1-9(2-4-10)13-7-11-5-6-12(16(19)20)8-14(11)21-13/h1-6,8,13,21H,7H2,(H3,17,18)(H3,19,20). The fourth-order valence-corrected chi connectivity index (χ4v) is 2.61. The minimum Gasteiger partial charge on any atom is -0.384 e. The fourth-order valence-electron chi connectivity index (χ4n) is 2.61. The summed E-state index contributed by atoms with van der Waals surface area (Å²) in [6.07, 6.45) is 0.896. The molecule has 7 N–H and O–H groups in total. The highest BCUT2D eigenvalue weighted by molar-refractivity contribution is 5.96. The molecule has 106 valence electrons. The predicted molar refractivity (Wildman–Crippen MR) is 85.0 cm³/mol. The zero-order valence-corrected chi connectivity index (χ0v) is 11.5. The maximum atomic E-state index is 7.49. The lowest BCUT2D eigenvalue weighted by Gasteiger charge is -2.12. The number of benzene rings is 2. The Bertz CT molecular complexity index is 718. The molecule has 1 atom stereocenters. The first-order valence-corrected chi connectivity index (χ1v) is 6.73. The predicted octanol–water partition coefficient (Wildman–Crippen LogP) is 1.96. The summed E-state index contributed by atoms with van der Waals surface area (Å²) < 4.78 is 0. The van der Waals surface area contributed by atoms with Crippen LogP contribution in [0.4, 0.5) is 5.69 Å². The molecule has 5 nitrogen and oxygen atoms in total. The van der Waals surface area contributed by atoms with Crippen LogP contribution in [0.25, 0.3) is 0 Å². The van der Waals surface area contributed by atoms with Crippen molar-refractivity contribution in [3.63, 3.8) is 0 Å². The summed E-state index contributed by atoms with van der Waals surface area (Å²) in [4.78, 5) is 0. The van der Waals surface area contributed by atoms with Crippen molar-refractivity contribution >= 4 is 17.4 Å². The van der Waals surface area contributed by atoms with Gasteiger partial charge in [-0.1, -0.05) is 36.4 Å². The molecule has 1 heterocycles. The van der Waals surface area contributed by atoms with Crippen molar-refractivity contribution in [2.45, 2.75) is 12.5 Å². The van der Waals surface area contributed by atoms with E-state index >= 15 is 0 Å². The van der Waals surface area contributed by atoms with E-state index in [4.69, 9.17) is 22.3 Å². The van der Waals surface area contributed by atoms with Gasteiger partial charge < -0.3 is 16.8 Å². The number of anilines is 1. The van der Waals surface area contributed by atoms with E-state index in [0.717, 1.165) is 28.8 Å². The summed E-state index contributed by atoms with van der Waals surface area (Å²) in [5, 5.41) is 18.4. The molecule has 0 saturated carbocycles. The number of fused-ring (bicyclic) bond motifs is 1. The van der Waals surface area contributed by atoms with E-state index in [9.17, 15) is 0 Å². The Kier molecular flexibility index (Phi) is 3.10. The Morgan fingerprint density at radius 1 is 0.952 bits per heavy atom. The van der Waals surface area contributed by atoms with Gasteiger partial charge in [-0.3, -0.25) is 10.8 Å². The molecule has 21 heavy (non-hydrogen) atoms. The van der Waals surface area contributed by atoms with E-state index < -0.39 is 0 Å². The Balaban J connectivity index is 1.84. The van der Waals surface area contributed by atoms with E-state index in [1.165, 1.54) is 5.56 Å². The number of hydrogen-bond donors (Lipinski definition) is 5. The second-order valence-electron chi connectivity index (χ2n) is 5.22. The molecule has 0 saturated heterocycles. The fraction of sp³-hybridized carbons (Fsp3) is 0.125. The Morgan fingerprint density at radius 2 is 1.57 bits per heavy atom. The van der Waals surface area contributed by atoms with Gasteiger partial charge in [0.05, 0.1) is 6.04 Å². The maximum absolute atomic E-state index is 7.49. The van der Waals surface area contributed by atoms with Crippen LogP contribution in [-0.2, 0) is 6.42 Å². The highest BCUT2D eigenvalue weighted by Crippen LogP contribution is 2.34. The van der Waals surface area contributed by atoms with E-state index in [1.807, 2.05) is 42.5 Å². The molecule has 0 amide bonds. The van der Waals surface area contributed by atoms with Crippen LogP contribution in [0.3, 0.4) is 0 Å². The summed E-state index contributed by atoms with van der Waals surface area (Å²) in [7, 11) is 0. The average Bonchev–Trinajstić information content (AvgIpc) is 2.90. The van der Waals surface area contributed by atoms with Gasteiger partial charge in [-0.15, -0.1) is 0 Å². The number of hydrogen-bond acceptors (Lipinski definition) is 3. The Hall–Kier alpha value is -2.82. The zero-order chi connectivity index (χ0) is 15.0. The third-order valence-corrected chi connectivity index (χ3v) is 3.80. The van der Waals surface area contributed by atoms with Crippen LogP contribution in [0, 0.1) is 10.8 Å². The van der Waals surface area contributed by atoms with Crippen molar-refractivity contribution < 1.29 is 0 Å². The van der Waals surface area contributed by atoms with Gasteiger partial charge in [0.15, 0.2) is 0 Å². The largest absolute Gasteiger partial charge is 0.384 e. The number of nitrogen functional groups attached to an aromatic ring is 2. The molecule has 0 aromatic heterocycles. The molecule has 2 aromatic carbocycles. The minimum absolute atomic E-state index is 0.0776. The summed E-state index contributed by atoms with van der Waals surface area (Å²) in [6.45, 7) is 0. The van der Waals surface area contributed by atoms with Crippen molar-refractivity contribution in [1.29, 1.82) is 10.8 Å². The summed E-state index contributed by atoms with van der Waals surface area (Å²) in [5.74, 6) is 0.157. The van der Waals surface area contributed by atoms with Gasteiger partial charge in [-0.2, -0.15) is 0 Å². The van der Waals surface area contributed by atoms with E-state index in [-0.39, 0.29) is 17.7 Å². The molecule has 0 radical (unpaired) electrons. The van der Waals surface area contributed by atoms with Crippen molar-refractivity contribution in [2.24, 2.45) is 11.5 Å². The second kappa shape index (κ2) is 4.94. The molecule has 0 spiro atoms. The number of rotatable bonds is 3. The van der Waals surface area contributed by atoms with Gasteiger partial charge >= 0.3 is 0 Å². The topological polar surface area (TPSA) is 112 Å². The molecule has 2 aromatic rings. The molecule has 0 fully saturated rings. The molecule has 0 bridgehead atoms. The van der Waals surface area contributed by atoms with Crippen LogP contribution in [0.15, 0.2) is 42.5 Å². The first kappa shape index (κ1) is 13.2. The second-order valence-corrected chi connectivity index (χ2v) is 5.22. The van der Waals surface area contributed by atoms with Gasteiger partial charge in [-0.25, -0.2) is 0 Å². The number of amidine groups is 2. The molecular formula is C16H17N5. The molecule has 1 unspecified atom stereocenters. The van der Waals surface area contributed by atoms with Gasteiger partial charge in [0, 0.05) is 16.8 Å². The maximum Gasteiger partial charge on any atom is 0.122 e. The van der Waals surface area contributed by atoms with Gasteiger partial charge in [0.1, 0.15) is 11.7 Å². The molecule has 3 rings (SSSR count). The van der Waals surface area contributed by atoms with Crippen molar-refractivity contribution in [2.75, 3.05) is 5.32 Å². The SMILES string of the molecule is N=C(N)c1ccc(C2Cc3ccc(C(=N)N)cc3N2)cc1. The first-order chi connectivity index (χ1) is 10.0. The Morgan fingerprint density at radius 3 is 2.19 bits per heavy atom. The third kappa shape index (κ3) is 2.45. The summed E-state index contributed by atoms with van der Waals surface area (Å²) in [5.41, 5.74) is 15.9. The molecule has 1 aliphatic heterocycles. The number of nitrogens with one attached hydrogen (secondary N) is 3. The van der Waals surface area contributed by atoms with E-state index in [0.29, 0.717) is 0 Å². The van der Waals surface area contributed by atoms with Crippen LogP contribution in [-0.4, -0.2) is 11.7 Å². The lowest BCUT2D eigenvalue weighted by molar-refractivity contribution is 0.824. The van der Waals surface area contributed by atoms with E-state index in [2.05, 4.69) is 5.32 Å². The van der Waals surface area contributed by atoms with Crippen LogP contribution in [0.1, 0.15) is 28.3 Å². The van der Waals surface area contributed by atoms with Crippen LogP contribution in [0.5, 0.6) is 0 Å². The average molecular weight is 279 g/mol. The molecule has 0 aliphatic carbocycles. The van der Waals surface area contributed by atoms with Crippen molar-refractivity contribution in [1.82, 2.24) is 0 Å². The summed E-state index contributed by atoms with van der Waals surface area (Å²) in [6, 6.07) is 13.7. The van der Waals surface area contributed by atoms with Gasteiger partial charge in [0.2, 0.25) is 0 Å². The lowest BCUT2D eigenvalue weighted by Crippen LogP contribution is -2.12. The normalized spacial score (nSPS) is 16.1. The highest BCUT2D eigenvalue weighted by atomic mass is 14.9. The van der Waals surface area contributed by atoms with Crippen LogP contribution < -0.4 is 16.8 Å². The molecule has 5 heteroatoms. The van der Waals surface area contributed by atoms with Gasteiger partial charge in [0.25, 0.3) is 0 Å². The van der Waals surface area contributed by atoms with E-state index in [1.54, 1.807) is 0 Å². The first-order valence-electron chi connectivity index (χ1n) is 6.73. The number of nitrogens with two attached hydrogens (primary N) is 2. The van der Waals surface area contributed by atoms with Gasteiger partial charge in [-0.05, 0) is 23.6 Å². The quantitative estimate of drug-likeness (QED) is 0.437. The third-order valence-electron chi connectivity index (χ3n) is 3.80. The minimum atomic E-state index is 0.0776. The molecule has 1 aliphatic rings. The highest BCUT2D eigenvalue weighted by Gasteiger charge is 2.22. The summed E-state index contributed by atoms with van der Waals surface area (Å²) >= 11 is 0. The smallest absolute Gasteiger partial charge is 0.122 e. The van der Waals surface area contributed by atoms with Crippen molar-refractivity contribution in [3.05, 3.63) is 64.7 Å². The Labute approximate surface area is 123 Å². The van der Waals surface area contributed by atoms with Crippen LogP contribution >= 0.6 is 0 Å². The monoisotopic (exact) mass is 279 g/mol.